The Labute approximate surface area is 103 Å². The van der Waals surface area contributed by atoms with E-state index in [1.54, 1.807) is 7.11 Å². The first-order valence-corrected chi connectivity index (χ1v) is 6.98. The standard InChI is InChI=1S/C11H25N3OS/c1-3-16-10-4-6-14(8-9-15-2)7-5-11(12)13/h3-10H2,1-2H3,(H3,12,13). The molecule has 0 rings (SSSR count). The van der Waals surface area contributed by atoms with E-state index < -0.39 is 0 Å². The summed E-state index contributed by atoms with van der Waals surface area (Å²) in [6.07, 6.45) is 1.85. The first kappa shape index (κ1) is 15.7. The zero-order valence-corrected chi connectivity index (χ0v) is 11.3. The summed E-state index contributed by atoms with van der Waals surface area (Å²) in [5.74, 6) is 2.66. The molecule has 0 heterocycles. The van der Waals surface area contributed by atoms with Crippen molar-refractivity contribution in [2.75, 3.05) is 44.9 Å². The van der Waals surface area contributed by atoms with Crippen LogP contribution in [0.3, 0.4) is 0 Å². The lowest BCUT2D eigenvalue weighted by atomic mass is 10.3. The summed E-state index contributed by atoms with van der Waals surface area (Å²) >= 11 is 1.97. The van der Waals surface area contributed by atoms with Crippen molar-refractivity contribution < 1.29 is 4.74 Å². The van der Waals surface area contributed by atoms with Crippen LogP contribution in [0.5, 0.6) is 0 Å². The molecule has 0 aliphatic carbocycles. The van der Waals surface area contributed by atoms with Gasteiger partial charge in [0, 0.05) is 26.6 Å². The van der Waals surface area contributed by atoms with Gasteiger partial charge in [-0.25, -0.2) is 0 Å². The van der Waals surface area contributed by atoms with Crippen molar-refractivity contribution in [1.29, 1.82) is 5.41 Å². The molecular weight excluding hydrogens is 222 g/mol. The highest BCUT2D eigenvalue weighted by molar-refractivity contribution is 7.99. The van der Waals surface area contributed by atoms with Gasteiger partial charge in [-0.1, -0.05) is 6.92 Å². The fourth-order valence-corrected chi connectivity index (χ4v) is 1.99. The molecule has 96 valence electrons. The van der Waals surface area contributed by atoms with Crippen molar-refractivity contribution >= 4 is 17.6 Å². The molecule has 0 aromatic carbocycles. The van der Waals surface area contributed by atoms with E-state index in [4.69, 9.17) is 15.9 Å². The van der Waals surface area contributed by atoms with Gasteiger partial charge in [-0.2, -0.15) is 11.8 Å². The van der Waals surface area contributed by atoms with E-state index in [0.717, 1.165) is 26.2 Å². The predicted octanol–water partition coefficient (Wildman–Crippen LogP) is 1.40. The molecular formula is C11H25N3OS. The second kappa shape index (κ2) is 11.2. The molecule has 0 unspecified atom stereocenters. The van der Waals surface area contributed by atoms with E-state index in [0.29, 0.717) is 6.42 Å². The monoisotopic (exact) mass is 247 g/mol. The second-order valence-electron chi connectivity index (χ2n) is 3.66. The van der Waals surface area contributed by atoms with Crippen LogP contribution >= 0.6 is 11.8 Å². The van der Waals surface area contributed by atoms with Crippen LogP contribution in [-0.4, -0.2) is 55.6 Å². The lowest BCUT2D eigenvalue weighted by molar-refractivity contribution is 0.149. The zero-order chi connectivity index (χ0) is 12.2. The van der Waals surface area contributed by atoms with Crippen LogP contribution in [-0.2, 0) is 4.74 Å². The van der Waals surface area contributed by atoms with E-state index in [1.807, 2.05) is 11.8 Å². The van der Waals surface area contributed by atoms with Crippen molar-refractivity contribution in [1.82, 2.24) is 4.90 Å². The molecule has 0 saturated heterocycles. The minimum absolute atomic E-state index is 0.269. The Balaban J connectivity index is 3.66. The van der Waals surface area contributed by atoms with Crippen molar-refractivity contribution in [3.05, 3.63) is 0 Å². The Bertz CT molecular complexity index is 179. The molecule has 0 aliphatic rings. The van der Waals surface area contributed by atoms with Gasteiger partial charge in [0.1, 0.15) is 0 Å². The van der Waals surface area contributed by atoms with Crippen LogP contribution in [0.4, 0.5) is 0 Å². The van der Waals surface area contributed by atoms with Crippen LogP contribution in [0.15, 0.2) is 0 Å². The summed E-state index contributed by atoms with van der Waals surface area (Å²) in [5, 5.41) is 7.22. The lowest BCUT2D eigenvalue weighted by Crippen LogP contribution is -2.32. The van der Waals surface area contributed by atoms with E-state index in [-0.39, 0.29) is 5.84 Å². The normalized spacial score (nSPS) is 10.9. The van der Waals surface area contributed by atoms with Crippen molar-refractivity contribution in [3.63, 3.8) is 0 Å². The summed E-state index contributed by atoms with van der Waals surface area (Å²) in [6.45, 7) is 5.81. The molecule has 0 fully saturated rings. The SMILES string of the molecule is CCSCCCN(CCOC)CCC(=N)N. The molecule has 0 amide bonds. The molecule has 0 radical (unpaired) electrons. The third-order valence-electron chi connectivity index (χ3n) is 2.28. The van der Waals surface area contributed by atoms with E-state index in [1.165, 1.54) is 17.9 Å². The minimum Gasteiger partial charge on any atom is -0.388 e. The van der Waals surface area contributed by atoms with Gasteiger partial charge in [-0.3, -0.25) is 5.41 Å². The number of nitrogens with zero attached hydrogens (tertiary/aromatic N) is 1. The Morgan fingerprint density at radius 2 is 2.12 bits per heavy atom. The summed E-state index contributed by atoms with van der Waals surface area (Å²) in [5.41, 5.74) is 5.37. The average Bonchev–Trinajstić information content (AvgIpc) is 2.26. The summed E-state index contributed by atoms with van der Waals surface area (Å²) in [4.78, 5) is 2.32. The Morgan fingerprint density at radius 3 is 2.69 bits per heavy atom. The topological polar surface area (TPSA) is 62.3 Å². The fourth-order valence-electron chi connectivity index (χ4n) is 1.37. The molecule has 5 heteroatoms. The zero-order valence-electron chi connectivity index (χ0n) is 10.5. The van der Waals surface area contributed by atoms with Gasteiger partial charge >= 0.3 is 0 Å². The number of nitrogens with two attached hydrogens (primary N) is 1. The largest absolute Gasteiger partial charge is 0.388 e. The first-order valence-electron chi connectivity index (χ1n) is 5.82. The number of nitrogens with one attached hydrogen (secondary N) is 1. The Hall–Kier alpha value is -0.260. The minimum atomic E-state index is 0.269. The van der Waals surface area contributed by atoms with Crippen LogP contribution in [0.1, 0.15) is 19.8 Å². The summed E-state index contributed by atoms with van der Waals surface area (Å²) in [7, 11) is 1.72. The lowest BCUT2D eigenvalue weighted by Gasteiger charge is -2.21. The highest BCUT2D eigenvalue weighted by atomic mass is 32.2. The number of thioether (sulfide) groups is 1. The molecule has 0 saturated carbocycles. The van der Waals surface area contributed by atoms with E-state index in [2.05, 4.69) is 11.8 Å². The van der Waals surface area contributed by atoms with Crippen molar-refractivity contribution in [2.45, 2.75) is 19.8 Å². The van der Waals surface area contributed by atoms with E-state index in [9.17, 15) is 0 Å². The second-order valence-corrected chi connectivity index (χ2v) is 5.05. The molecule has 4 nitrogen and oxygen atoms in total. The van der Waals surface area contributed by atoms with E-state index >= 15 is 0 Å². The Kier molecular flexibility index (Phi) is 11.0. The number of amidine groups is 1. The van der Waals surface area contributed by atoms with Crippen LogP contribution in [0.2, 0.25) is 0 Å². The van der Waals surface area contributed by atoms with Crippen molar-refractivity contribution in [3.8, 4) is 0 Å². The van der Waals surface area contributed by atoms with Gasteiger partial charge in [-0.05, 0) is 24.5 Å². The van der Waals surface area contributed by atoms with Crippen LogP contribution in [0.25, 0.3) is 0 Å². The van der Waals surface area contributed by atoms with Gasteiger partial charge in [0.05, 0.1) is 12.4 Å². The third-order valence-corrected chi connectivity index (χ3v) is 3.26. The number of ether oxygens (including phenoxy) is 1. The number of hydrogen-bond acceptors (Lipinski definition) is 4. The highest BCUT2D eigenvalue weighted by Crippen LogP contribution is 2.03. The van der Waals surface area contributed by atoms with Crippen LogP contribution in [0, 0.1) is 5.41 Å². The predicted molar refractivity (Wildman–Crippen MR) is 72.5 cm³/mol. The maximum absolute atomic E-state index is 7.22. The van der Waals surface area contributed by atoms with Gasteiger partial charge < -0.3 is 15.4 Å². The summed E-state index contributed by atoms with van der Waals surface area (Å²) in [6, 6.07) is 0. The molecule has 0 aromatic heterocycles. The number of hydrogen-bond donors (Lipinski definition) is 2. The quantitative estimate of drug-likeness (QED) is 0.329. The molecule has 16 heavy (non-hydrogen) atoms. The van der Waals surface area contributed by atoms with Gasteiger partial charge in [0.15, 0.2) is 0 Å². The third kappa shape index (κ3) is 10.3. The molecule has 0 atom stereocenters. The number of methoxy groups -OCH3 is 1. The Morgan fingerprint density at radius 1 is 1.38 bits per heavy atom. The maximum Gasteiger partial charge on any atom is 0.0918 e. The average molecular weight is 247 g/mol. The van der Waals surface area contributed by atoms with Crippen LogP contribution < -0.4 is 5.73 Å². The molecule has 0 aliphatic heterocycles. The molecule has 0 spiro atoms. The molecule has 3 N–H and O–H groups in total. The number of rotatable bonds is 11. The summed E-state index contributed by atoms with van der Waals surface area (Å²) < 4.78 is 5.07. The van der Waals surface area contributed by atoms with Gasteiger partial charge in [0.25, 0.3) is 0 Å². The van der Waals surface area contributed by atoms with Gasteiger partial charge in [0.2, 0.25) is 0 Å². The first-order chi connectivity index (χ1) is 7.70. The smallest absolute Gasteiger partial charge is 0.0918 e. The maximum atomic E-state index is 7.22. The van der Waals surface area contributed by atoms with Crippen molar-refractivity contribution in [2.24, 2.45) is 5.73 Å². The fraction of sp³-hybridized carbons (Fsp3) is 0.909. The molecule has 0 bridgehead atoms. The molecule has 0 aromatic rings. The highest BCUT2D eigenvalue weighted by Gasteiger charge is 2.04. The van der Waals surface area contributed by atoms with Gasteiger partial charge in [-0.15, -0.1) is 0 Å².